The second-order valence-electron chi connectivity index (χ2n) is 4.79. The molecule has 5 heteroatoms. The molecule has 2 rings (SSSR count). The van der Waals surface area contributed by atoms with Gasteiger partial charge >= 0.3 is 0 Å². The van der Waals surface area contributed by atoms with Crippen LogP contribution in [0.4, 0.5) is 0 Å². The number of nitrogens with zero attached hydrogens (tertiary/aromatic N) is 3. The number of nitriles is 1. The number of hydrazone groups is 1. The van der Waals surface area contributed by atoms with Crippen LogP contribution in [0.3, 0.4) is 0 Å². The van der Waals surface area contributed by atoms with Crippen molar-refractivity contribution in [2.75, 3.05) is 0 Å². The van der Waals surface area contributed by atoms with Gasteiger partial charge in [0.15, 0.2) is 0 Å². The monoisotopic (exact) mass is 234 g/mol. The minimum atomic E-state index is -0.499. The van der Waals surface area contributed by atoms with Gasteiger partial charge in [0.25, 0.3) is 5.91 Å². The van der Waals surface area contributed by atoms with Gasteiger partial charge in [0.05, 0.1) is 12.1 Å². The lowest BCUT2D eigenvalue weighted by Gasteiger charge is -2.29. The Hall–Kier alpha value is -1.41. The predicted octanol–water partition coefficient (Wildman–Crippen LogP) is 1.00. The van der Waals surface area contributed by atoms with E-state index in [0.29, 0.717) is 6.42 Å². The maximum atomic E-state index is 12.1. The topological polar surface area (TPSA) is 82.5 Å². The van der Waals surface area contributed by atoms with Crippen LogP contribution in [-0.4, -0.2) is 29.2 Å². The Kier molecular flexibility index (Phi) is 3.75. The van der Waals surface area contributed by atoms with Crippen LogP contribution in [0.25, 0.3) is 0 Å². The Balaban J connectivity index is 1.99. The number of rotatable bonds is 2. The molecule has 2 aliphatic rings. The molecule has 1 fully saturated rings. The average Bonchev–Trinajstić information content (AvgIpc) is 2.86. The molecule has 0 saturated heterocycles. The van der Waals surface area contributed by atoms with Gasteiger partial charge in [-0.15, -0.1) is 0 Å². The van der Waals surface area contributed by atoms with Gasteiger partial charge in [-0.05, 0) is 18.8 Å². The van der Waals surface area contributed by atoms with Crippen molar-refractivity contribution in [3.05, 3.63) is 0 Å². The summed E-state index contributed by atoms with van der Waals surface area (Å²) in [5, 5.41) is 14.1. The Labute approximate surface area is 101 Å². The smallest absolute Gasteiger partial charge is 0.261 e. The molecule has 0 bridgehead atoms. The third kappa shape index (κ3) is 2.47. The lowest BCUT2D eigenvalue weighted by molar-refractivity contribution is -0.134. The first-order valence-electron chi connectivity index (χ1n) is 6.24. The van der Waals surface area contributed by atoms with E-state index < -0.39 is 12.1 Å². The summed E-state index contributed by atoms with van der Waals surface area (Å²) in [5.74, 6) is 0.0589. The zero-order valence-corrected chi connectivity index (χ0v) is 9.88. The maximum absolute atomic E-state index is 12.1. The van der Waals surface area contributed by atoms with Crippen LogP contribution >= 0.6 is 0 Å². The summed E-state index contributed by atoms with van der Waals surface area (Å²) < 4.78 is 0. The zero-order chi connectivity index (χ0) is 12.3. The van der Waals surface area contributed by atoms with Crippen molar-refractivity contribution in [3.8, 4) is 6.07 Å². The highest BCUT2D eigenvalue weighted by Crippen LogP contribution is 2.27. The van der Waals surface area contributed by atoms with Crippen molar-refractivity contribution < 1.29 is 4.79 Å². The molecular formula is C12H18N4O. The third-order valence-electron chi connectivity index (χ3n) is 3.65. The Bertz CT molecular complexity index is 354. The minimum Gasteiger partial charge on any atom is -0.320 e. The summed E-state index contributed by atoms with van der Waals surface area (Å²) in [5.41, 5.74) is 6.01. The van der Waals surface area contributed by atoms with Gasteiger partial charge in [-0.25, -0.2) is 5.01 Å². The Morgan fingerprint density at radius 3 is 2.82 bits per heavy atom. The van der Waals surface area contributed by atoms with Gasteiger partial charge in [-0.3, -0.25) is 4.79 Å². The molecular weight excluding hydrogens is 216 g/mol. The highest BCUT2D eigenvalue weighted by Gasteiger charge is 2.34. The van der Waals surface area contributed by atoms with Gasteiger partial charge in [0.1, 0.15) is 6.04 Å². The molecule has 17 heavy (non-hydrogen) atoms. The van der Waals surface area contributed by atoms with Crippen molar-refractivity contribution in [2.45, 2.75) is 50.6 Å². The predicted molar refractivity (Wildman–Crippen MR) is 63.9 cm³/mol. The van der Waals surface area contributed by atoms with E-state index in [1.165, 1.54) is 11.4 Å². The van der Waals surface area contributed by atoms with Gasteiger partial charge in [0.2, 0.25) is 0 Å². The fourth-order valence-corrected chi connectivity index (χ4v) is 2.58. The van der Waals surface area contributed by atoms with E-state index in [9.17, 15) is 4.79 Å². The average molecular weight is 234 g/mol. The Morgan fingerprint density at radius 1 is 1.47 bits per heavy atom. The van der Waals surface area contributed by atoms with Crippen molar-refractivity contribution in [1.29, 1.82) is 5.26 Å². The number of hydrogen-bond acceptors (Lipinski definition) is 4. The number of carbonyl (C=O) groups excluding carboxylic acids is 1. The van der Waals surface area contributed by atoms with Crippen molar-refractivity contribution in [1.82, 2.24) is 5.01 Å². The van der Waals surface area contributed by atoms with E-state index in [-0.39, 0.29) is 11.8 Å². The van der Waals surface area contributed by atoms with Crippen LogP contribution in [0, 0.1) is 17.2 Å². The van der Waals surface area contributed by atoms with Gasteiger partial charge in [-0.1, -0.05) is 19.3 Å². The lowest BCUT2D eigenvalue weighted by atomic mass is 9.84. The molecule has 0 aromatic carbocycles. The molecule has 2 N–H and O–H groups in total. The van der Waals surface area contributed by atoms with Gasteiger partial charge < -0.3 is 5.73 Å². The lowest BCUT2D eigenvalue weighted by Crippen LogP contribution is -2.48. The quantitative estimate of drug-likeness (QED) is 0.773. The van der Waals surface area contributed by atoms with E-state index in [1.807, 2.05) is 0 Å². The highest BCUT2D eigenvalue weighted by molar-refractivity contribution is 5.84. The summed E-state index contributed by atoms with van der Waals surface area (Å²) in [6, 6.07) is 1.12. The van der Waals surface area contributed by atoms with Crippen LogP contribution in [0.5, 0.6) is 0 Å². The standard InChI is InChI=1S/C12H18N4O/c13-8-10-6-7-15-16(10)12(17)11(14)9-4-2-1-3-5-9/h7,9-11H,1-6,14H2/t10-,11-/m0/s1. The van der Waals surface area contributed by atoms with E-state index in [1.54, 1.807) is 6.21 Å². The minimum absolute atomic E-state index is 0.197. The van der Waals surface area contributed by atoms with Crippen LogP contribution in [-0.2, 0) is 4.79 Å². The van der Waals surface area contributed by atoms with E-state index >= 15 is 0 Å². The third-order valence-corrected chi connectivity index (χ3v) is 3.65. The number of nitrogens with two attached hydrogens (primary N) is 1. The van der Waals surface area contributed by atoms with Gasteiger partial charge in [0, 0.05) is 12.6 Å². The van der Waals surface area contributed by atoms with Crippen LogP contribution in [0.1, 0.15) is 38.5 Å². The number of hydrogen-bond donors (Lipinski definition) is 1. The van der Waals surface area contributed by atoms with Crippen molar-refractivity contribution in [3.63, 3.8) is 0 Å². The first-order valence-corrected chi connectivity index (χ1v) is 6.24. The summed E-state index contributed by atoms with van der Waals surface area (Å²) >= 11 is 0. The molecule has 1 saturated carbocycles. The fraction of sp³-hybridized carbons (Fsp3) is 0.750. The van der Waals surface area contributed by atoms with Crippen molar-refractivity contribution >= 4 is 12.1 Å². The normalized spacial score (nSPS) is 26.8. The first kappa shape index (κ1) is 12.1. The second-order valence-corrected chi connectivity index (χ2v) is 4.79. The number of carbonyl (C=O) groups is 1. The molecule has 1 aliphatic heterocycles. The zero-order valence-electron chi connectivity index (χ0n) is 9.88. The summed E-state index contributed by atoms with van der Waals surface area (Å²) in [7, 11) is 0. The van der Waals surface area contributed by atoms with E-state index in [4.69, 9.17) is 11.0 Å². The molecule has 2 atom stereocenters. The molecule has 0 unspecified atom stereocenters. The molecule has 0 aromatic heterocycles. The molecule has 1 aliphatic carbocycles. The van der Waals surface area contributed by atoms with E-state index in [0.717, 1.165) is 25.7 Å². The van der Waals surface area contributed by atoms with Gasteiger partial charge in [-0.2, -0.15) is 10.4 Å². The largest absolute Gasteiger partial charge is 0.320 e. The van der Waals surface area contributed by atoms with Crippen LogP contribution < -0.4 is 5.73 Å². The van der Waals surface area contributed by atoms with Crippen LogP contribution in [0.15, 0.2) is 5.10 Å². The highest BCUT2D eigenvalue weighted by atomic mass is 16.2. The molecule has 1 heterocycles. The van der Waals surface area contributed by atoms with Crippen LogP contribution in [0.2, 0.25) is 0 Å². The summed E-state index contributed by atoms with van der Waals surface area (Å²) in [4.78, 5) is 12.1. The van der Waals surface area contributed by atoms with Crippen molar-refractivity contribution in [2.24, 2.45) is 16.8 Å². The molecule has 5 nitrogen and oxygen atoms in total. The Morgan fingerprint density at radius 2 is 2.18 bits per heavy atom. The summed E-state index contributed by atoms with van der Waals surface area (Å²) in [6.07, 6.45) is 7.69. The molecule has 1 amide bonds. The fourth-order valence-electron chi connectivity index (χ4n) is 2.58. The molecule has 0 aromatic rings. The number of amides is 1. The molecule has 0 radical (unpaired) electrons. The first-order chi connectivity index (χ1) is 8.24. The maximum Gasteiger partial charge on any atom is 0.261 e. The second kappa shape index (κ2) is 5.28. The molecule has 92 valence electrons. The molecule has 0 spiro atoms. The van der Waals surface area contributed by atoms with E-state index in [2.05, 4.69) is 11.2 Å². The summed E-state index contributed by atoms with van der Waals surface area (Å²) in [6.45, 7) is 0. The SMILES string of the molecule is N#C[C@@H]1CC=NN1C(=O)[C@@H](N)C1CCCCC1.